The molecule has 1 N–H and O–H groups in total. The summed E-state index contributed by atoms with van der Waals surface area (Å²) < 4.78 is 6.17. The Hall–Kier alpha value is -1.85. The summed E-state index contributed by atoms with van der Waals surface area (Å²) in [6, 6.07) is 0. The maximum absolute atomic E-state index is 11.4. The number of rotatable bonds is 5. The number of aromatic nitrogens is 2. The highest BCUT2D eigenvalue weighted by molar-refractivity contribution is 5.90. The van der Waals surface area contributed by atoms with Gasteiger partial charge in [-0.3, -0.25) is 9.48 Å². The van der Waals surface area contributed by atoms with Crippen molar-refractivity contribution >= 4 is 11.9 Å². The minimum absolute atomic E-state index is 0.0752. The molecule has 0 saturated heterocycles. The Morgan fingerprint density at radius 1 is 1.56 bits per heavy atom. The lowest BCUT2D eigenvalue weighted by atomic mass is 10.1. The van der Waals surface area contributed by atoms with Crippen molar-refractivity contribution in [2.45, 2.75) is 19.3 Å². The fourth-order valence-corrected chi connectivity index (χ4v) is 1.45. The van der Waals surface area contributed by atoms with Crippen molar-refractivity contribution in [1.82, 2.24) is 9.78 Å². The Morgan fingerprint density at radius 2 is 2.25 bits per heavy atom. The highest BCUT2D eigenvalue weighted by Crippen LogP contribution is 2.12. The molecule has 0 aliphatic carbocycles. The van der Waals surface area contributed by atoms with Gasteiger partial charge in [0.15, 0.2) is 0 Å². The van der Waals surface area contributed by atoms with Gasteiger partial charge in [0, 0.05) is 13.5 Å². The molecule has 0 amide bonds. The Labute approximate surface area is 92.8 Å². The normalized spacial score (nSPS) is 10.1. The molecule has 88 valence electrons. The first kappa shape index (κ1) is 12.2. The van der Waals surface area contributed by atoms with Gasteiger partial charge in [-0.1, -0.05) is 0 Å². The summed E-state index contributed by atoms with van der Waals surface area (Å²) in [4.78, 5) is 21.7. The molecule has 1 aromatic rings. The Kier molecular flexibility index (Phi) is 4.04. The number of methoxy groups -OCH3 is 1. The third-order valence-electron chi connectivity index (χ3n) is 2.27. The highest BCUT2D eigenvalue weighted by Gasteiger charge is 2.16. The fraction of sp³-hybridized carbons (Fsp3) is 0.500. The van der Waals surface area contributed by atoms with Crippen LogP contribution in [0.3, 0.4) is 0 Å². The van der Waals surface area contributed by atoms with Crippen LogP contribution >= 0.6 is 0 Å². The first-order valence-corrected chi connectivity index (χ1v) is 4.87. The molecule has 6 heteroatoms. The van der Waals surface area contributed by atoms with E-state index in [0.29, 0.717) is 24.1 Å². The third kappa shape index (κ3) is 2.82. The minimum Gasteiger partial charge on any atom is -0.481 e. The number of carbonyl (C=O) groups is 2. The van der Waals surface area contributed by atoms with Gasteiger partial charge in [0.1, 0.15) is 5.56 Å². The Morgan fingerprint density at radius 3 is 2.81 bits per heavy atom. The zero-order valence-electron chi connectivity index (χ0n) is 9.27. The number of aliphatic carboxylic acids is 1. The van der Waals surface area contributed by atoms with Gasteiger partial charge in [-0.2, -0.15) is 5.10 Å². The number of carboxylic acids is 1. The zero-order chi connectivity index (χ0) is 12.1. The van der Waals surface area contributed by atoms with Gasteiger partial charge in [0.2, 0.25) is 0 Å². The summed E-state index contributed by atoms with van der Waals surface area (Å²) in [5.41, 5.74) is 1.10. The zero-order valence-corrected chi connectivity index (χ0v) is 9.27. The van der Waals surface area contributed by atoms with Crippen LogP contribution in [-0.4, -0.2) is 33.9 Å². The number of hydrogen-bond donors (Lipinski definition) is 1. The van der Waals surface area contributed by atoms with Crippen LogP contribution in [0, 0.1) is 0 Å². The van der Waals surface area contributed by atoms with E-state index in [-0.39, 0.29) is 6.42 Å². The lowest BCUT2D eigenvalue weighted by molar-refractivity contribution is -0.137. The maximum Gasteiger partial charge on any atom is 0.341 e. The van der Waals surface area contributed by atoms with Gasteiger partial charge in [-0.25, -0.2) is 4.79 Å². The molecular formula is C10H14N2O4. The predicted octanol–water partition coefficient (Wildman–Crippen LogP) is 0.614. The van der Waals surface area contributed by atoms with E-state index in [1.807, 2.05) is 0 Å². The van der Waals surface area contributed by atoms with Crippen LogP contribution in [0.15, 0.2) is 6.20 Å². The van der Waals surface area contributed by atoms with Crippen molar-refractivity contribution in [1.29, 1.82) is 0 Å². The Bertz CT molecular complexity index is 398. The molecule has 6 nitrogen and oxygen atoms in total. The summed E-state index contributed by atoms with van der Waals surface area (Å²) in [6.07, 6.45) is 2.47. The van der Waals surface area contributed by atoms with E-state index in [1.165, 1.54) is 13.3 Å². The van der Waals surface area contributed by atoms with Crippen LogP contribution in [0.5, 0.6) is 0 Å². The quantitative estimate of drug-likeness (QED) is 0.744. The van der Waals surface area contributed by atoms with Gasteiger partial charge >= 0.3 is 11.9 Å². The lowest BCUT2D eigenvalue weighted by Gasteiger charge is -2.03. The summed E-state index contributed by atoms with van der Waals surface area (Å²) >= 11 is 0. The summed E-state index contributed by atoms with van der Waals surface area (Å²) in [5.74, 6) is -1.29. The monoisotopic (exact) mass is 226 g/mol. The minimum atomic E-state index is -0.846. The maximum atomic E-state index is 11.4. The molecule has 0 spiro atoms. The average molecular weight is 226 g/mol. The van der Waals surface area contributed by atoms with Gasteiger partial charge < -0.3 is 9.84 Å². The summed E-state index contributed by atoms with van der Waals surface area (Å²) in [7, 11) is 3.01. The predicted molar refractivity (Wildman–Crippen MR) is 55.1 cm³/mol. The second-order valence-corrected chi connectivity index (χ2v) is 3.37. The standard InChI is InChI=1S/C10H14N2O4/c1-12-8(4-3-5-9(13)14)7(6-11-12)10(15)16-2/h6H,3-5H2,1-2H3,(H,13,14). The third-order valence-corrected chi connectivity index (χ3v) is 2.27. The van der Waals surface area contributed by atoms with Crippen LogP contribution in [0.25, 0.3) is 0 Å². The van der Waals surface area contributed by atoms with E-state index >= 15 is 0 Å². The molecule has 0 bridgehead atoms. The number of esters is 1. The highest BCUT2D eigenvalue weighted by atomic mass is 16.5. The Balaban J connectivity index is 2.73. The molecule has 0 aliphatic rings. The molecule has 0 aliphatic heterocycles. The molecule has 0 atom stereocenters. The molecule has 1 aromatic heterocycles. The van der Waals surface area contributed by atoms with Crippen molar-refractivity contribution in [3.05, 3.63) is 17.5 Å². The van der Waals surface area contributed by atoms with Gasteiger partial charge in [0.05, 0.1) is 19.0 Å². The van der Waals surface area contributed by atoms with E-state index in [0.717, 1.165) is 0 Å². The fourth-order valence-electron chi connectivity index (χ4n) is 1.45. The van der Waals surface area contributed by atoms with Crippen molar-refractivity contribution in [2.24, 2.45) is 7.05 Å². The SMILES string of the molecule is COC(=O)c1cnn(C)c1CCCC(=O)O. The van der Waals surface area contributed by atoms with Gasteiger partial charge in [-0.15, -0.1) is 0 Å². The van der Waals surface area contributed by atoms with Gasteiger partial charge in [0.25, 0.3) is 0 Å². The molecule has 0 unspecified atom stereocenters. The van der Waals surface area contributed by atoms with E-state index < -0.39 is 11.9 Å². The molecule has 0 radical (unpaired) electrons. The molecule has 0 fully saturated rings. The van der Waals surface area contributed by atoms with Gasteiger partial charge in [-0.05, 0) is 12.8 Å². The molecule has 1 rings (SSSR count). The molecule has 1 heterocycles. The van der Waals surface area contributed by atoms with E-state index in [2.05, 4.69) is 9.84 Å². The molecule has 0 saturated carbocycles. The number of ether oxygens (including phenoxy) is 1. The van der Waals surface area contributed by atoms with Crippen molar-refractivity contribution in [3.8, 4) is 0 Å². The molecule has 0 aromatic carbocycles. The number of hydrogen-bond acceptors (Lipinski definition) is 4. The smallest absolute Gasteiger partial charge is 0.341 e. The number of aryl methyl sites for hydroxylation is 1. The lowest BCUT2D eigenvalue weighted by Crippen LogP contribution is -2.08. The first-order valence-electron chi connectivity index (χ1n) is 4.87. The summed E-state index contributed by atoms with van der Waals surface area (Å²) in [6.45, 7) is 0. The second-order valence-electron chi connectivity index (χ2n) is 3.37. The number of carboxylic acid groups (broad SMARTS) is 1. The number of carbonyl (C=O) groups excluding carboxylic acids is 1. The van der Waals surface area contributed by atoms with Crippen molar-refractivity contribution < 1.29 is 19.4 Å². The van der Waals surface area contributed by atoms with Crippen molar-refractivity contribution in [2.75, 3.05) is 7.11 Å². The van der Waals surface area contributed by atoms with Crippen LogP contribution in [0.4, 0.5) is 0 Å². The van der Waals surface area contributed by atoms with Crippen molar-refractivity contribution in [3.63, 3.8) is 0 Å². The van der Waals surface area contributed by atoms with Crippen LogP contribution in [-0.2, 0) is 23.0 Å². The topological polar surface area (TPSA) is 81.4 Å². The van der Waals surface area contributed by atoms with E-state index in [1.54, 1.807) is 11.7 Å². The molecular weight excluding hydrogens is 212 g/mol. The second kappa shape index (κ2) is 5.29. The van der Waals surface area contributed by atoms with E-state index in [9.17, 15) is 9.59 Å². The first-order chi connectivity index (χ1) is 7.56. The summed E-state index contributed by atoms with van der Waals surface area (Å²) in [5, 5.41) is 12.5. The number of nitrogens with zero attached hydrogens (tertiary/aromatic N) is 2. The van der Waals surface area contributed by atoms with Crippen LogP contribution in [0.1, 0.15) is 28.9 Å². The van der Waals surface area contributed by atoms with Crippen LogP contribution in [0.2, 0.25) is 0 Å². The average Bonchev–Trinajstić information content (AvgIpc) is 2.59. The largest absolute Gasteiger partial charge is 0.481 e. The van der Waals surface area contributed by atoms with E-state index in [4.69, 9.17) is 5.11 Å². The molecule has 16 heavy (non-hydrogen) atoms. The van der Waals surface area contributed by atoms with Crippen LogP contribution < -0.4 is 0 Å².